The van der Waals surface area contributed by atoms with Crippen LogP contribution in [-0.4, -0.2) is 18.1 Å². The molecule has 0 atom stereocenters. The Kier molecular flexibility index (Phi) is 7.35. The van der Waals surface area contributed by atoms with Gasteiger partial charge in [0, 0.05) is 34.7 Å². The standard InChI is InChI=1S/C27H29ClN2O2/c1-3-31-26-14-22(16-29-13-12-20-17-30-25-11-7-6-10-23(20)25)24(28)15-27(26)32-18-21-9-5-4-8-19(21)2/h4-11,14-15,17,29-30H,3,12-13,16,18H2,1-2H3. The second-order valence-electron chi connectivity index (χ2n) is 7.82. The number of H-pyrrole nitrogens is 1. The van der Waals surface area contributed by atoms with Crippen LogP contribution in [0.3, 0.4) is 0 Å². The average molecular weight is 449 g/mol. The fraction of sp³-hybridized carbons (Fsp3) is 0.259. The molecule has 0 unspecified atom stereocenters. The predicted molar refractivity (Wildman–Crippen MR) is 132 cm³/mol. The molecule has 4 rings (SSSR count). The molecule has 0 spiro atoms. The lowest BCUT2D eigenvalue weighted by atomic mass is 10.1. The summed E-state index contributed by atoms with van der Waals surface area (Å²) in [5.74, 6) is 1.39. The summed E-state index contributed by atoms with van der Waals surface area (Å²) in [6.07, 6.45) is 3.03. The summed E-state index contributed by atoms with van der Waals surface area (Å²) in [5.41, 5.74) is 5.83. The van der Waals surface area contributed by atoms with Crippen LogP contribution in [0.5, 0.6) is 11.5 Å². The summed E-state index contributed by atoms with van der Waals surface area (Å²) in [7, 11) is 0. The van der Waals surface area contributed by atoms with E-state index in [0.29, 0.717) is 30.5 Å². The lowest BCUT2D eigenvalue weighted by molar-refractivity contribution is 0.268. The first-order chi connectivity index (χ1) is 15.7. The molecule has 0 saturated heterocycles. The number of nitrogens with one attached hydrogen (secondary N) is 2. The van der Waals surface area contributed by atoms with Gasteiger partial charge in [-0.3, -0.25) is 0 Å². The quantitative estimate of drug-likeness (QED) is 0.274. The zero-order chi connectivity index (χ0) is 22.3. The van der Waals surface area contributed by atoms with Crippen molar-refractivity contribution in [3.05, 3.63) is 94.1 Å². The van der Waals surface area contributed by atoms with Crippen molar-refractivity contribution in [2.45, 2.75) is 33.4 Å². The van der Waals surface area contributed by atoms with Crippen LogP contribution < -0.4 is 14.8 Å². The van der Waals surface area contributed by atoms with Gasteiger partial charge in [-0.2, -0.15) is 0 Å². The zero-order valence-corrected chi connectivity index (χ0v) is 19.3. The molecule has 0 bridgehead atoms. The third-order valence-corrected chi connectivity index (χ3v) is 5.97. The van der Waals surface area contributed by atoms with Gasteiger partial charge in [-0.05, 0) is 61.2 Å². The summed E-state index contributed by atoms with van der Waals surface area (Å²) >= 11 is 6.59. The van der Waals surface area contributed by atoms with Gasteiger partial charge in [0.15, 0.2) is 11.5 Å². The molecule has 32 heavy (non-hydrogen) atoms. The highest BCUT2D eigenvalue weighted by atomic mass is 35.5. The number of benzene rings is 3. The maximum atomic E-state index is 6.59. The van der Waals surface area contributed by atoms with E-state index < -0.39 is 0 Å². The molecule has 3 aromatic carbocycles. The van der Waals surface area contributed by atoms with Gasteiger partial charge in [0.25, 0.3) is 0 Å². The SMILES string of the molecule is CCOc1cc(CNCCc2c[nH]c3ccccc23)c(Cl)cc1OCc1ccccc1C. The monoisotopic (exact) mass is 448 g/mol. The molecule has 0 aliphatic heterocycles. The molecule has 4 nitrogen and oxygen atoms in total. The number of rotatable bonds is 10. The van der Waals surface area contributed by atoms with Crippen LogP contribution in [-0.2, 0) is 19.6 Å². The fourth-order valence-electron chi connectivity index (χ4n) is 3.81. The van der Waals surface area contributed by atoms with Crippen LogP contribution in [0.4, 0.5) is 0 Å². The van der Waals surface area contributed by atoms with Gasteiger partial charge < -0.3 is 19.8 Å². The van der Waals surface area contributed by atoms with E-state index in [0.717, 1.165) is 29.8 Å². The van der Waals surface area contributed by atoms with Gasteiger partial charge in [-0.25, -0.2) is 0 Å². The van der Waals surface area contributed by atoms with Gasteiger partial charge in [0.2, 0.25) is 0 Å². The van der Waals surface area contributed by atoms with Crippen molar-refractivity contribution in [3.8, 4) is 11.5 Å². The van der Waals surface area contributed by atoms with Gasteiger partial charge in [-0.15, -0.1) is 0 Å². The van der Waals surface area contributed by atoms with E-state index in [2.05, 4.69) is 53.8 Å². The van der Waals surface area contributed by atoms with E-state index in [-0.39, 0.29) is 0 Å². The first kappa shape index (κ1) is 22.3. The minimum Gasteiger partial charge on any atom is -0.490 e. The largest absolute Gasteiger partial charge is 0.490 e. The second-order valence-corrected chi connectivity index (χ2v) is 8.23. The number of halogens is 1. The van der Waals surface area contributed by atoms with Crippen LogP contribution >= 0.6 is 11.6 Å². The Morgan fingerprint density at radius 3 is 2.53 bits per heavy atom. The number of aromatic amines is 1. The van der Waals surface area contributed by atoms with Crippen molar-refractivity contribution in [1.82, 2.24) is 10.3 Å². The number of hydrogen-bond acceptors (Lipinski definition) is 3. The number of para-hydroxylation sites is 1. The second kappa shape index (κ2) is 10.6. The molecule has 0 fully saturated rings. The molecule has 166 valence electrons. The first-order valence-electron chi connectivity index (χ1n) is 11.0. The van der Waals surface area contributed by atoms with Crippen LogP contribution in [0.25, 0.3) is 10.9 Å². The Bertz CT molecular complexity index is 1190. The maximum absolute atomic E-state index is 6.59. The van der Waals surface area contributed by atoms with Crippen LogP contribution in [0.2, 0.25) is 5.02 Å². The van der Waals surface area contributed by atoms with E-state index in [1.165, 1.54) is 22.0 Å². The molecule has 0 saturated carbocycles. The smallest absolute Gasteiger partial charge is 0.163 e. The van der Waals surface area contributed by atoms with Gasteiger partial charge >= 0.3 is 0 Å². The summed E-state index contributed by atoms with van der Waals surface area (Å²) in [4.78, 5) is 3.33. The number of fused-ring (bicyclic) bond motifs is 1. The van der Waals surface area contributed by atoms with Crippen molar-refractivity contribution >= 4 is 22.5 Å². The van der Waals surface area contributed by atoms with Gasteiger partial charge in [0.1, 0.15) is 6.61 Å². The van der Waals surface area contributed by atoms with Gasteiger partial charge in [-0.1, -0.05) is 54.1 Å². The lowest BCUT2D eigenvalue weighted by Crippen LogP contribution is -2.17. The highest BCUT2D eigenvalue weighted by Crippen LogP contribution is 2.34. The average Bonchev–Trinajstić information content (AvgIpc) is 3.21. The molecule has 0 radical (unpaired) electrons. The third-order valence-electron chi connectivity index (χ3n) is 5.62. The highest BCUT2D eigenvalue weighted by molar-refractivity contribution is 6.31. The van der Waals surface area contributed by atoms with E-state index in [1.807, 2.05) is 37.3 Å². The summed E-state index contributed by atoms with van der Waals surface area (Å²) in [5, 5.41) is 5.46. The Morgan fingerprint density at radius 1 is 0.906 bits per heavy atom. The predicted octanol–water partition coefficient (Wildman–Crippen LogP) is 6.44. The highest BCUT2D eigenvalue weighted by Gasteiger charge is 2.12. The Balaban J connectivity index is 1.39. The van der Waals surface area contributed by atoms with E-state index in [1.54, 1.807) is 0 Å². The van der Waals surface area contributed by atoms with E-state index in [9.17, 15) is 0 Å². The molecule has 0 aliphatic carbocycles. The number of aryl methyl sites for hydroxylation is 1. The summed E-state index contributed by atoms with van der Waals surface area (Å²) in [6, 6.07) is 20.4. The van der Waals surface area contributed by atoms with Crippen LogP contribution in [0.15, 0.2) is 66.9 Å². The molecule has 5 heteroatoms. The van der Waals surface area contributed by atoms with Crippen molar-refractivity contribution in [3.63, 3.8) is 0 Å². The van der Waals surface area contributed by atoms with Crippen molar-refractivity contribution in [2.75, 3.05) is 13.2 Å². The van der Waals surface area contributed by atoms with Crippen LogP contribution in [0.1, 0.15) is 29.2 Å². The molecule has 1 aromatic heterocycles. The molecular formula is C27H29ClN2O2. The van der Waals surface area contributed by atoms with Crippen LogP contribution in [0, 0.1) is 6.92 Å². The van der Waals surface area contributed by atoms with Gasteiger partial charge in [0.05, 0.1) is 6.61 Å². The molecule has 0 aliphatic rings. The maximum Gasteiger partial charge on any atom is 0.163 e. The normalized spacial score (nSPS) is 11.1. The van der Waals surface area contributed by atoms with E-state index in [4.69, 9.17) is 21.1 Å². The number of aromatic nitrogens is 1. The number of hydrogen-bond donors (Lipinski definition) is 2. The summed E-state index contributed by atoms with van der Waals surface area (Å²) < 4.78 is 11.9. The third kappa shape index (κ3) is 5.26. The minimum atomic E-state index is 0.477. The summed E-state index contributed by atoms with van der Waals surface area (Å²) in [6.45, 7) is 6.62. The topological polar surface area (TPSA) is 46.3 Å². The Labute approximate surface area is 194 Å². The Morgan fingerprint density at radius 2 is 1.69 bits per heavy atom. The fourth-order valence-corrected chi connectivity index (χ4v) is 4.03. The molecular weight excluding hydrogens is 420 g/mol. The minimum absolute atomic E-state index is 0.477. The molecule has 4 aromatic rings. The molecule has 2 N–H and O–H groups in total. The van der Waals surface area contributed by atoms with Crippen molar-refractivity contribution in [2.24, 2.45) is 0 Å². The van der Waals surface area contributed by atoms with E-state index >= 15 is 0 Å². The number of ether oxygens (including phenoxy) is 2. The zero-order valence-electron chi connectivity index (χ0n) is 18.6. The van der Waals surface area contributed by atoms with Crippen molar-refractivity contribution in [1.29, 1.82) is 0 Å². The Hall–Kier alpha value is -2.95. The molecule has 0 amide bonds. The first-order valence-corrected chi connectivity index (χ1v) is 11.4. The lowest BCUT2D eigenvalue weighted by Gasteiger charge is -2.16. The molecule has 1 heterocycles. The van der Waals surface area contributed by atoms with Crippen molar-refractivity contribution < 1.29 is 9.47 Å².